The summed E-state index contributed by atoms with van der Waals surface area (Å²) >= 11 is 0. The van der Waals surface area contributed by atoms with Crippen LogP contribution in [0.1, 0.15) is 41.4 Å². The predicted molar refractivity (Wildman–Crippen MR) is 108 cm³/mol. The van der Waals surface area contributed by atoms with Gasteiger partial charge in [-0.3, -0.25) is 4.79 Å². The molecule has 0 saturated carbocycles. The number of nitrogens with zero attached hydrogens (tertiary/aromatic N) is 3. The van der Waals surface area contributed by atoms with Crippen LogP contribution in [0.5, 0.6) is 0 Å². The second-order valence-electron chi connectivity index (χ2n) is 6.83. The molecule has 27 heavy (non-hydrogen) atoms. The van der Waals surface area contributed by atoms with E-state index in [-0.39, 0.29) is 5.91 Å². The van der Waals surface area contributed by atoms with Crippen LogP contribution in [0.15, 0.2) is 30.5 Å². The zero-order chi connectivity index (χ0) is 19.4. The molecule has 1 N–H and O–H groups in total. The first-order valence-electron chi connectivity index (χ1n) is 9.48. The molecule has 6 heteroatoms. The van der Waals surface area contributed by atoms with Crippen molar-refractivity contribution in [2.75, 3.05) is 19.0 Å². The van der Waals surface area contributed by atoms with Crippen LogP contribution >= 0.6 is 0 Å². The third-order valence-electron chi connectivity index (χ3n) is 5.10. The molecule has 0 saturated heterocycles. The summed E-state index contributed by atoms with van der Waals surface area (Å²) in [6.45, 7) is 8.61. The van der Waals surface area contributed by atoms with Gasteiger partial charge in [0.05, 0.1) is 12.8 Å². The van der Waals surface area contributed by atoms with Gasteiger partial charge in [0, 0.05) is 48.4 Å². The second-order valence-corrected chi connectivity index (χ2v) is 6.83. The van der Waals surface area contributed by atoms with Crippen molar-refractivity contribution < 1.29 is 9.53 Å². The topological polar surface area (TPSA) is 61.1 Å². The number of aryl methyl sites for hydroxylation is 2. The van der Waals surface area contributed by atoms with E-state index in [9.17, 15) is 4.79 Å². The third kappa shape index (κ3) is 3.90. The maximum absolute atomic E-state index is 12.8. The lowest BCUT2D eigenvalue weighted by atomic mass is 10.1. The molecule has 2 heterocycles. The van der Waals surface area contributed by atoms with Gasteiger partial charge in [0.25, 0.3) is 5.91 Å². The van der Waals surface area contributed by atoms with Crippen molar-refractivity contribution >= 4 is 22.6 Å². The largest absolute Gasteiger partial charge is 0.383 e. The molecule has 0 aliphatic carbocycles. The van der Waals surface area contributed by atoms with Crippen molar-refractivity contribution in [1.29, 1.82) is 0 Å². The summed E-state index contributed by atoms with van der Waals surface area (Å²) in [5.74, 6) is 0.621. The molecule has 3 rings (SSSR count). The van der Waals surface area contributed by atoms with E-state index in [2.05, 4.69) is 35.8 Å². The number of ether oxygens (including phenoxy) is 1. The first-order valence-corrected chi connectivity index (χ1v) is 9.48. The Morgan fingerprint density at radius 1 is 1.22 bits per heavy atom. The number of nitrogens with one attached hydrogen (secondary N) is 1. The number of carbonyl (C=O) groups excluding carboxylic acids is 1. The van der Waals surface area contributed by atoms with Gasteiger partial charge in [-0.2, -0.15) is 5.10 Å². The fourth-order valence-electron chi connectivity index (χ4n) is 3.38. The number of fused-ring (bicyclic) bond motifs is 1. The maximum Gasteiger partial charge on any atom is 0.256 e. The number of amides is 1. The number of aromatic nitrogens is 3. The van der Waals surface area contributed by atoms with Crippen molar-refractivity contribution in [1.82, 2.24) is 14.3 Å². The standard InChI is InChI=1S/C21H28N4O2/c1-5-6-11-25-20(9-10-22-25)23-21(26)17-7-8-19-18(14-17)15(2)16(3)24(19)12-13-27-4/h7-10,14H,5-6,11-13H2,1-4H3,(H,23,26). The minimum Gasteiger partial charge on any atom is -0.383 e. The van der Waals surface area contributed by atoms with Gasteiger partial charge in [-0.15, -0.1) is 0 Å². The lowest BCUT2D eigenvalue weighted by Crippen LogP contribution is -2.16. The van der Waals surface area contributed by atoms with Crippen molar-refractivity contribution in [3.8, 4) is 0 Å². The molecule has 0 atom stereocenters. The number of methoxy groups -OCH3 is 1. The zero-order valence-electron chi connectivity index (χ0n) is 16.6. The molecule has 144 valence electrons. The van der Waals surface area contributed by atoms with Crippen LogP contribution in [-0.2, 0) is 17.8 Å². The van der Waals surface area contributed by atoms with E-state index in [0.29, 0.717) is 12.2 Å². The monoisotopic (exact) mass is 368 g/mol. The number of rotatable bonds is 8. The average Bonchev–Trinajstić information content (AvgIpc) is 3.21. The Hall–Kier alpha value is -2.60. The van der Waals surface area contributed by atoms with Gasteiger partial charge in [0.15, 0.2) is 0 Å². The minimum atomic E-state index is -0.114. The summed E-state index contributed by atoms with van der Waals surface area (Å²) in [6, 6.07) is 7.71. The van der Waals surface area contributed by atoms with E-state index in [0.717, 1.165) is 42.7 Å². The summed E-state index contributed by atoms with van der Waals surface area (Å²) in [5.41, 5.74) is 4.19. The highest BCUT2D eigenvalue weighted by Gasteiger charge is 2.15. The second kappa shape index (κ2) is 8.39. The zero-order valence-corrected chi connectivity index (χ0v) is 16.6. The van der Waals surface area contributed by atoms with Crippen molar-refractivity contribution in [2.45, 2.75) is 46.7 Å². The number of hydrogen-bond donors (Lipinski definition) is 1. The number of hydrogen-bond acceptors (Lipinski definition) is 3. The minimum absolute atomic E-state index is 0.114. The molecule has 0 spiro atoms. The van der Waals surface area contributed by atoms with E-state index in [1.165, 1.54) is 11.3 Å². The smallest absolute Gasteiger partial charge is 0.256 e. The normalized spacial score (nSPS) is 11.3. The highest BCUT2D eigenvalue weighted by molar-refractivity contribution is 6.06. The summed E-state index contributed by atoms with van der Waals surface area (Å²) in [4.78, 5) is 12.8. The van der Waals surface area contributed by atoms with Crippen LogP contribution in [0.25, 0.3) is 10.9 Å². The highest BCUT2D eigenvalue weighted by Crippen LogP contribution is 2.26. The Morgan fingerprint density at radius 2 is 2.04 bits per heavy atom. The van der Waals surface area contributed by atoms with Gasteiger partial charge in [0.2, 0.25) is 0 Å². The molecule has 0 radical (unpaired) electrons. The molecule has 0 bridgehead atoms. The molecule has 2 aromatic heterocycles. The van der Waals surface area contributed by atoms with Crippen LogP contribution in [0.2, 0.25) is 0 Å². The van der Waals surface area contributed by atoms with Crippen molar-refractivity contribution in [3.05, 3.63) is 47.3 Å². The molecule has 0 aliphatic rings. The number of anilines is 1. The van der Waals surface area contributed by atoms with Gasteiger partial charge < -0.3 is 14.6 Å². The highest BCUT2D eigenvalue weighted by atomic mass is 16.5. The molecule has 1 aromatic carbocycles. The van der Waals surface area contributed by atoms with Gasteiger partial charge in [0.1, 0.15) is 5.82 Å². The van der Waals surface area contributed by atoms with Crippen molar-refractivity contribution in [3.63, 3.8) is 0 Å². The summed E-state index contributed by atoms with van der Waals surface area (Å²) in [5, 5.41) is 8.39. The molecule has 1 amide bonds. The molecular weight excluding hydrogens is 340 g/mol. The van der Waals surface area contributed by atoms with E-state index >= 15 is 0 Å². The Balaban J connectivity index is 1.86. The Kier molecular flexibility index (Phi) is 5.96. The lowest BCUT2D eigenvalue weighted by Gasteiger charge is -2.09. The average molecular weight is 368 g/mol. The van der Waals surface area contributed by atoms with Gasteiger partial charge in [-0.05, 0) is 44.0 Å². The van der Waals surface area contributed by atoms with Crippen LogP contribution in [0.3, 0.4) is 0 Å². The van der Waals surface area contributed by atoms with Crippen LogP contribution in [0.4, 0.5) is 5.82 Å². The molecule has 0 aliphatic heterocycles. The van der Waals surface area contributed by atoms with Gasteiger partial charge >= 0.3 is 0 Å². The Labute approximate surface area is 160 Å². The van der Waals surface area contributed by atoms with E-state index in [1.54, 1.807) is 13.3 Å². The lowest BCUT2D eigenvalue weighted by molar-refractivity contribution is 0.102. The first kappa shape index (κ1) is 19.2. The molecule has 3 aromatic rings. The third-order valence-corrected chi connectivity index (χ3v) is 5.10. The maximum atomic E-state index is 12.8. The molecular formula is C21H28N4O2. The van der Waals surface area contributed by atoms with E-state index in [4.69, 9.17) is 4.74 Å². The number of carbonyl (C=O) groups is 1. The molecule has 6 nitrogen and oxygen atoms in total. The number of unbranched alkanes of at least 4 members (excludes halogenated alkanes) is 1. The number of benzene rings is 1. The molecule has 0 fully saturated rings. The van der Waals surface area contributed by atoms with E-state index < -0.39 is 0 Å². The quantitative estimate of drug-likeness (QED) is 0.650. The Bertz CT molecular complexity index is 939. The molecule has 0 unspecified atom stereocenters. The summed E-state index contributed by atoms with van der Waals surface area (Å²) in [6.07, 6.45) is 3.84. The SMILES string of the molecule is CCCCn1nccc1NC(=O)c1ccc2c(c1)c(C)c(C)n2CCOC. The van der Waals surface area contributed by atoms with Gasteiger partial charge in [-0.25, -0.2) is 4.68 Å². The van der Waals surface area contributed by atoms with Crippen LogP contribution in [-0.4, -0.2) is 34.0 Å². The summed E-state index contributed by atoms with van der Waals surface area (Å²) in [7, 11) is 1.71. The predicted octanol–water partition coefficient (Wildman–Crippen LogP) is 4.15. The van der Waals surface area contributed by atoms with Gasteiger partial charge in [-0.1, -0.05) is 13.3 Å². The van der Waals surface area contributed by atoms with E-state index in [1.807, 2.05) is 28.9 Å². The van der Waals surface area contributed by atoms with Crippen molar-refractivity contribution in [2.24, 2.45) is 0 Å². The fourth-order valence-corrected chi connectivity index (χ4v) is 3.38. The van der Waals surface area contributed by atoms with Crippen LogP contribution in [0, 0.1) is 13.8 Å². The van der Waals surface area contributed by atoms with Crippen LogP contribution < -0.4 is 5.32 Å². The fraction of sp³-hybridized carbons (Fsp3) is 0.429. The summed E-state index contributed by atoms with van der Waals surface area (Å²) < 4.78 is 9.32. The Morgan fingerprint density at radius 3 is 2.78 bits per heavy atom. The first-order chi connectivity index (χ1) is 13.1.